The summed E-state index contributed by atoms with van der Waals surface area (Å²) in [6, 6.07) is 14.7. The molecule has 0 aliphatic heterocycles. The molecule has 0 unspecified atom stereocenters. The summed E-state index contributed by atoms with van der Waals surface area (Å²) in [6.45, 7) is 1.86. The molecule has 4 aromatic rings. The van der Waals surface area contributed by atoms with Crippen LogP contribution in [-0.2, 0) is 14.3 Å². The Kier molecular flexibility index (Phi) is 5.92. The van der Waals surface area contributed by atoms with Crippen LogP contribution in [0.2, 0.25) is 5.02 Å². The van der Waals surface area contributed by atoms with Crippen LogP contribution in [0, 0.1) is 6.92 Å². The fraction of sp³-hybridized carbons (Fsp3) is 0.136. The zero-order valence-electron chi connectivity index (χ0n) is 17.0. The number of aromatic nitrogens is 3. The normalized spacial score (nSPS) is 11.5. The Labute approximate surface area is 187 Å². The molecule has 7 nitrogen and oxygen atoms in total. The molecule has 0 atom stereocenters. The topological polar surface area (TPSA) is 75.0 Å². The van der Waals surface area contributed by atoms with Crippen LogP contribution in [-0.4, -0.2) is 34.8 Å². The number of carbonyl (C=O) groups is 1. The van der Waals surface area contributed by atoms with Gasteiger partial charge in [0.2, 0.25) is 4.96 Å². The highest BCUT2D eigenvalue weighted by Crippen LogP contribution is 2.32. The lowest BCUT2D eigenvalue weighted by molar-refractivity contribution is -0.133. The number of thiazole rings is 1. The Morgan fingerprint density at radius 2 is 1.90 bits per heavy atom. The molecule has 0 saturated carbocycles. The molecule has 0 saturated heterocycles. The van der Waals surface area contributed by atoms with E-state index in [1.54, 1.807) is 28.8 Å². The van der Waals surface area contributed by atoms with Crippen molar-refractivity contribution in [1.29, 1.82) is 0 Å². The highest BCUT2D eigenvalue weighted by molar-refractivity contribution is 7.18. The molecule has 31 heavy (non-hydrogen) atoms. The largest absolute Gasteiger partial charge is 0.503 e. The van der Waals surface area contributed by atoms with Crippen LogP contribution in [0.4, 0.5) is 0 Å². The van der Waals surface area contributed by atoms with Gasteiger partial charge in [0.1, 0.15) is 17.1 Å². The van der Waals surface area contributed by atoms with E-state index in [9.17, 15) is 4.79 Å². The quantitative estimate of drug-likeness (QED) is 0.221. The van der Waals surface area contributed by atoms with E-state index in [0.29, 0.717) is 37.8 Å². The van der Waals surface area contributed by atoms with Crippen molar-refractivity contribution in [2.75, 3.05) is 14.2 Å². The first-order valence-corrected chi connectivity index (χ1v) is 10.4. The molecule has 0 fully saturated rings. The van der Waals surface area contributed by atoms with Crippen molar-refractivity contribution in [3.05, 3.63) is 70.4 Å². The standard InChI is InChI=1S/C22H18ClN3O4S/c1-13-19(18(12-28-2)21(27)29-3)31-22-24-20(25-26(13)22)14-5-4-6-17(11-14)30-16-9-7-15(23)8-10-16/h4-12H,1-3H3. The summed E-state index contributed by atoms with van der Waals surface area (Å²) in [4.78, 5) is 18.1. The van der Waals surface area contributed by atoms with Gasteiger partial charge < -0.3 is 14.2 Å². The number of halogens is 1. The lowest BCUT2D eigenvalue weighted by Gasteiger charge is -2.06. The van der Waals surface area contributed by atoms with Gasteiger partial charge in [-0.15, -0.1) is 5.10 Å². The van der Waals surface area contributed by atoms with E-state index in [2.05, 4.69) is 10.1 Å². The lowest BCUT2D eigenvalue weighted by Crippen LogP contribution is -2.05. The van der Waals surface area contributed by atoms with Gasteiger partial charge in [-0.1, -0.05) is 35.1 Å². The molecule has 0 aliphatic carbocycles. The second-order valence-corrected chi connectivity index (χ2v) is 7.90. The van der Waals surface area contributed by atoms with E-state index in [4.69, 9.17) is 25.8 Å². The number of esters is 1. The van der Waals surface area contributed by atoms with Crippen molar-refractivity contribution in [3.8, 4) is 22.9 Å². The number of fused-ring (bicyclic) bond motifs is 1. The fourth-order valence-corrected chi connectivity index (χ4v) is 4.16. The molecular weight excluding hydrogens is 438 g/mol. The number of ether oxygens (including phenoxy) is 3. The molecule has 9 heteroatoms. The van der Waals surface area contributed by atoms with Crippen LogP contribution in [0.1, 0.15) is 10.6 Å². The number of rotatable bonds is 6. The molecule has 2 heterocycles. The number of methoxy groups -OCH3 is 2. The van der Waals surface area contributed by atoms with Crippen molar-refractivity contribution >= 4 is 39.4 Å². The second-order valence-electron chi connectivity index (χ2n) is 6.49. The number of benzene rings is 2. The van der Waals surface area contributed by atoms with E-state index >= 15 is 0 Å². The number of hydrogen-bond acceptors (Lipinski definition) is 7. The zero-order chi connectivity index (χ0) is 22.0. The molecule has 0 aliphatic rings. The summed E-state index contributed by atoms with van der Waals surface area (Å²) in [6.07, 6.45) is 1.36. The summed E-state index contributed by atoms with van der Waals surface area (Å²) in [5.74, 6) is 1.41. The number of hydrogen-bond donors (Lipinski definition) is 0. The molecule has 2 aromatic heterocycles. The maximum Gasteiger partial charge on any atom is 0.342 e. The van der Waals surface area contributed by atoms with Crippen molar-refractivity contribution < 1.29 is 19.0 Å². The van der Waals surface area contributed by atoms with E-state index in [-0.39, 0.29) is 0 Å². The van der Waals surface area contributed by atoms with Gasteiger partial charge in [0.25, 0.3) is 0 Å². The molecule has 0 bridgehead atoms. The SMILES string of the molecule is COC=C(C(=O)OC)c1sc2nc(-c3cccc(Oc4ccc(Cl)cc4)c3)nn2c1C. The summed E-state index contributed by atoms with van der Waals surface area (Å²) in [7, 11) is 2.81. The van der Waals surface area contributed by atoms with Crippen molar-refractivity contribution in [3.63, 3.8) is 0 Å². The molecule has 4 rings (SSSR count). The van der Waals surface area contributed by atoms with Crippen LogP contribution in [0.25, 0.3) is 21.9 Å². The van der Waals surface area contributed by atoms with Gasteiger partial charge in [-0.05, 0) is 43.3 Å². The minimum atomic E-state index is -0.485. The van der Waals surface area contributed by atoms with E-state index in [1.807, 2.05) is 31.2 Å². The zero-order valence-corrected chi connectivity index (χ0v) is 18.5. The van der Waals surface area contributed by atoms with E-state index in [1.165, 1.54) is 31.8 Å². The molecule has 0 radical (unpaired) electrons. The Bertz CT molecular complexity index is 1280. The minimum Gasteiger partial charge on any atom is -0.503 e. The lowest BCUT2D eigenvalue weighted by atomic mass is 10.2. The van der Waals surface area contributed by atoms with Crippen LogP contribution >= 0.6 is 22.9 Å². The summed E-state index contributed by atoms with van der Waals surface area (Å²) >= 11 is 7.26. The third-order valence-electron chi connectivity index (χ3n) is 4.44. The Hall–Kier alpha value is -3.36. The smallest absolute Gasteiger partial charge is 0.342 e. The van der Waals surface area contributed by atoms with Gasteiger partial charge in [0, 0.05) is 10.6 Å². The van der Waals surface area contributed by atoms with Gasteiger partial charge in [0.05, 0.1) is 31.1 Å². The van der Waals surface area contributed by atoms with Gasteiger partial charge in [-0.3, -0.25) is 0 Å². The molecular formula is C22H18ClN3O4S. The predicted octanol–water partition coefficient (Wildman–Crippen LogP) is 5.37. The Morgan fingerprint density at radius 1 is 1.13 bits per heavy atom. The van der Waals surface area contributed by atoms with Crippen LogP contribution in [0.5, 0.6) is 11.5 Å². The van der Waals surface area contributed by atoms with Crippen LogP contribution < -0.4 is 4.74 Å². The summed E-state index contributed by atoms with van der Waals surface area (Å²) < 4.78 is 17.5. The first-order chi connectivity index (χ1) is 15.0. The van der Waals surface area contributed by atoms with Gasteiger partial charge in [-0.2, -0.15) is 4.98 Å². The van der Waals surface area contributed by atoms with E-state index < -0.39 is 5.97 Å². The summed E-state index contributed by atoms with van der Waals surface area (Å²) in [5, 5.41) is 5.26. The third-order valence-corrected chi connectivity index (χ3v) is 5.86. The van der Waals surface area contributed by atoms with Crippen molar-refractivity contribution in [2.24, 2.45) is 0 Å². The number of carbonyl (C=O) groups excluding carboxylic acids is 1. The fourth-order valence-electron chi connectivity index (χ4n) is 2.98. The minimum absolute atomic E-state index is 0.319. The highest BCUT2D eigenvalue weighted by Gasteiger charge is 2.22. The predicted molar refractivity (Wildman–Crippen MR) is 120 cm³/mol. The van der Waals surface area contributed by atoms with Crippen molar-refractivity contribution in [2.45, 2.75) is 6.92 Å². The van der Waals surface area contributed by atoms with E-state index in [0.717, 1.165) is 11.3 Å². The first kappa shape index (κ1) is 20.9. The number of nitrogens with zero attached hydrogens (tertiary/aromatic N) is 3. The average molecular weight is 456 g/mol. The van der Waals surface area contributed by atoms with Gasteiger partial charge in [-0.25, -0.2) is 9.31 Å². The van der Waals surface area contributed by atoms with Crippen molar-refractivity contribution in [1.82, 2.24) is 14.6 Å². The molecule has 0 spiro atoms. The third kappa shape index (κ3) is 4.26. The number of aryl methyl sites for hydroxylation is 1. The Morgan fingerprint density at radius 3 is 2.58 bits per heavy atom. The van der Waals surface area contributed by atoms with Gasteiger partial charge >= 0.3 is 5.97 Å². The maximum atomic E-state index is 12.1. The monoisotopic (exact) mass is 455 g/mol. The molecule has 2 aromatic carbocycles. The Balaban J connectivity index is 1.66. The second kappa shape index (κ2) is 8.79. The van der Waals surface area contributed by atoms with Crippen LogP contribution in [0.15, 0.2) is 54.8 Å². The molecule has 0 amide bonds. The van der Waals surface area contributed by atoms with Crippen LogP contribution in [0.3, 0.4) is 0 Å². The maximum absolute atomic E-state index is 12.1. The molecule has 158 valence electrons. The highest BCUT2D eigenvalue weighted by atomic mass is 35.5. The first-order valence-electron chi connectivity index (χ1n) is 9.22. The average Bonchev–Trinajstić information content (AvgIpc) is 3.33. The molecule has 0 N–H and O–H groups in total. The summed E-state index contributed by atoms with van der Waals surface area (Å²) in [5.41, 5.74) is 1.89. The van der Waals surface area contributed by atoms with Gasteiger partial charge in [0.15, 0.2) is 5.82 Å².